The predicted molar refractivity (Wildman–Crippen MR) is 107 cm³/mol. The number of anilines is 1. The van der Waals surface area contributed by atoms with E-state index in [2.05, 4.69) is 20.5 Å². The Kier molecular flexibility index (Phi) is 5.12. The van der Waals surface area contributed by atoms with Gasteiger partial charge in [0.05, 0.1) is 6.20 Å². The lowest BCUT2D eigenvalue weighted by Crippen LogP contribution is -2.34. The summed E-state index contributed by atoms with van der Waals surface area (Å²) in [6.07, 6.45) is 6.95. The van der Waals surface area contributed by atoms with E-state index in [0.29, 0.717) is 12.2 Å². The van der Waals surface area contributed by atoms with E-state index in [9.17, 15) is 9.18 Å². The molecule has 28 heavy (non-hydrogen) atoms. The summed E-state index contributed by atoms with van der Waals surface area (Å²) in [5.74, 6) is -0.511. The maximum atomic E-state index is 13.4. The number of aromatic nitrogens is 3. The minimum atomic E-state index is -0.321. The molecular formula is C20H18FN5OS. The molecule has 1 atom stereocenters. The van der Waals surface area contributed by atoms with Crippen molar-refractivity contribution in [3.05, 3.63) is 88.7 Å². The lowest BCUT2D eigenvalue weighted by atomic mass is 10.2. The summed E-state index contributed by atoms with van der Waals surface area (Å²) in [4.78, 5) is 19.9. The zero-order valence-electron chi connectivity index (χ0n) is 15.1. The maximum absolute atomic E-state index is 13.4. The Morgan fingerprint density at radius 1 is 1.29 bits per heavy atom. The fourth-order valence-corrected chi connectivity index (χ4v) is 4.32. The number of allylic oxidation sites excluding steroid dienone is 1. The van der Waals surface area contributed by atoms with Gasteiger partial charge in [-0.25, -0.2) is 4.39 Å². The van der Waals surface area contributed by atoms with Crippen molar-refractivity contribution in [2.24, 2.45) is 0 Å². The Bertz CT molecular complexity index is 989. The predicted octanol–water partition coefficient (Wildman–Crippen LogP) is 3.74. The van der Waals surface area contributed by atoms with Gasteiger partial charge in [0.2, 0.25) is 0 Å². The molecule has 8 heteroatoms. The number of hydrogen-bond donors (Lipinski definition) is 2. The molecule has 1 aromatic carbocycles. The van der Waals surface area contributed by atoms with Gasteiger partial charge in [0, 0.05) is 41.3 Å². The third-order valence-electron chi connectivity index (χ3n) is 4.40. The summed E-state index contributed by atoms with van der Waals surface area (Å²) in [6, 6.07) is 9.88. The summed E-state index contributed by atoms with van der Waals surface area (Å²) in [5, 5.41) is 9.64. The van der Waals surface area contributed by atoms with E-state index in [-0.39, 0.29) is 17.1 Å². The van der Waals surface area contributed by atoms with E-state index in [1.165, 1.54) is 12.1 Å². The van der Waals surface area contributed by atoms with Gasteiger partial charge >= 0.3 is 0 Å². The van der Waals surface area contributed by atoms with Gasteiger partial charge < -0.3 is 10.2 Å². The molecule has 2 N–H and O–H groups in total. The standard InChI is InChI=1S/C20H18FN5OS/c1-13-18(19(27)23-10-14-3-2-8-22-9-14)26(17-6-4-16(21)5-7-17)20(28-13)15-11-24-25-12-15/h2-9,11-12,20H,10H2,1H3,(H,23,27)(H,24,25). The number of rotatable bonds is 5. The lowest BCUT2D eigenvalue weighted by molar-refractivity contribution is -0.117. The van der Waals surface area contributed by atoms with Crippen LogP contribution in [0.5, 0.6) is 0 Å². The van der Waals surface area contributed by atoms with Crippen LogP contribution in [0.3, 0.4) is 0 Å². The molecule has 2 aromatic heterocycles. The third kappa shape index (κ3) is 3.63. The zero-order valence-corrected chi connectivity index (χ0v) is 15.9. The smallest absolute Gasteiger partial charge is 0.269 e. The van der Waals surface area contributed by atoms with Gasteiger partial charge in [0.15, 0.2) is 0 Å². The molecule has 4 rings (SSSR count). The SMILES string of the molecule is CC1=C(C(=O)NCc2cccnc2)N(c2ccc(F)cc2)C(c2cn[nH]c2)S1. The molecule has 0 aliphatic carbocycles. The molecule has 3 aromatic rings. The second-order valence-corrected chi connectivity index (χ2v) is 7.59. The van der Waals surface area contributed by atoms with E-state index in [1.54, 1.807) is 48.7 Å². The van der Waals surface area contributed by atoms with E-state index in [1.807, 2.05) is 24.0 Å². The summed E-state index contributed by atoms with van der Waals surface area (Å²) in [6.45, 7) is 2.29. The van der Waals surface area contributed by atoms with Gasteiger partial charge in [-0.05, 0) is 42.8 Å². The van der Waals surface area contributed by atoms with Gasteiger partial charge in [-0.1, -0.05) is 17.8 Å². The van der Waals surface area contributed by atoms with Crippen molar-refractivity contribution in [1.29, 1.82) is 0 Å². The first kappa shape index (κ1) is 18.2. The quantitative estimate of drug-likeness (QED) is 0.688. The second kappa shape index (κ2) is 7.85. The van der Waals surface area contributed by atoms with Crippen molar-refractivity contribution in [1.82, 2.24) is 20.5 Å². The molecule has 1 aliphatic rings. The molecule has 142 valence electrons. The van der Waals surface area contributed by atoms with Crippen LogP contribution in [-0.2, 0) is 11.3 Å². The van der Waals surface area contributed by atoms with Crippen LogP contribution in [0.15, 0.2) is 71.8 Å². The summed E-state index contributed by atoms with van der Waals surface area (Å²) in [7, 11) is 0. The van der Waals surface area contributed by atoms with Crippen molar-refractivity contribution in [3.63, 3.8) is 0 Å². The molecule has 0 fully saturated rings. The number of H-pyrrole nitrogens is 1. The molecule has 0 saturated carbocycles. The van der Waals surface area contributed by atoms with Gasteiger partial charge in [-0.15, -0.1) is 0 Å². The number of carbonyl (C=O) groups is 1. The minimum absolute atomic E-state index is 0.164. The van der Waals surface area contributed by atoms with Gasteiger partial charge in [-0.3, -0.25) is 14.9 Å². The highest BCUT2D eigenvalue weighted by Gasteiger charge is 2.37. The Morgan fingerprint density at radius 2 is 2.11 bits per heavy atom. The number of nitrogens with one attached hydrogen (secondary N) is 2. The Balaban J connectivity index is 1.64. The monoisotopic (exact) mass is 395 g/mol. The number of halogens is 1. The molecular weight excluding hydrogens is 377 g/mol. The summed E-state index contributed by atoms with van der Waals surface area (Å²) < 4.78 is 13.4. The van der Waals surface area contributed by atoms with E-state index in [0.717, 1.165) is 21.7 Å². The first-order valence-electron chi connectivity index (χ1n) is 8.71. The fraction of sp³-hybridized carbons (Fsp3) is 0.150. The number of aromatic amines is 1. The van der Waals surface area contributed by atoms with Crippen LogP contribution in [0.4, 0.5) is 10.1 Å². The van der Waals surface area contributed by atoms with E-state index < -0.39 is 0 Å². The number of hydrogen-bond acceptors (Lipinski definition) is 5. The van der Waals surface area contributed by atoms with Crippen LogP contribution in [0, 0.1) is 5.82 Å². The van der Waals surface area contributed by atoms with E-state index >= 15 is 0 Å². The fourth-order valence-electron chi connectivity index (χ4n) is 3.08. The van der Waals surface area contributed by atoms with Crippen LogP contribution in [0.2, 0.25) is 0 Å². The Hall–Kier alpha value is -3.13. The average Bonchev–Trinajstić information content (AvgIpc) is 3.35. The Labute approximate surface area is 165 Å². The van der Waals surface area contributed by atoms with Crippen LogP contribution in [-0.4, -0.2) is 21.1 Å². The third-order valence-corrected chi connectivity index (χ3v) is 5.65. The van der Waals surface area contributed by atoms with Crippen LogP contribution in [0.25, 0.3) is 0 Å². The van der Waals surface area contributed by atoms with Gasteiger partial charge in [-0.2, -0.15) is 5.10 Å². The van der Waals surface area contributed by atoms with Crippen molar-refractivity contribution in [2.75, 3.05) is 4.90 Å². The molecule has 0 bridgehead atoms. The van der Waals surface area contributed by atoms with Crippen LogP contribution in [0.1, 0.15) is 23.4 Å². The minimum Gasteiger partial charge on any atom is -0.347 e. The molecule has 1 amide bonds. The largest absolute Gasteiger partial charge is 0.347 e. The molecule has 1 unspecified atom stereocenters. The van der Waals surface area contributed by atoms with E-state index in [4.69, 9.17) is 0 Å². The summed E-state index contributed by atoms with van der Waals surface area (Å²) >= 11 is 1.57. The molecule has 1 aliphatic heterocycles. The average molecular weight is 395 g/mol. The van der Waals surface area contributed by atoms with Gasteiger partial charge in [0.25, 0.3) is 5.91 Å². The molecule has 0 spiro atoms. The van der Waals surface area contributed by atoms with Crippen molar-refractivity contribution < 1.29 is 9.18 Å². The number of nitrogens with zero attached hydrogens (tertiary/aromatic N) is 3. The van der Waals surface area contributed by atoms with Crippen LogP contribution < -0.4 is 10.2 Å². The first-order chi connectivity index (χ1) is 13.6. The number of amides is 1. The molecule has 0 radical (unpaired) electrons. The number of carbonyl (C=O) groups excluding carboxylic acids is 1. The van der Waals surface area contributed by atoms with Crippen molar-refractivity contribution >= 4 is 23.4 Å². The topological polar surface area (TPSA) is 73.9 Å². The molecule has 3 heterocycles. The van der Waals surface area contributed by atoms with Crippen LogP contribution >= 0.6 is 11.8 Å². The first-order valence-corrected chi connectivity index (χ1v) is 9.59. The summed E-state index contributed by atoms with van der Waals surface area (Å²) in [5.41, 5.74) is 3.14. The Morgan fingerprint density at radius 3 is 2.79 bits per heavy atom. The normalized spacial score (nSPS) is 16.5. The highest BCUT2D eigenvalue weighted by Crippen LogP contribution is 2.49. The molecule has 0 saturated heterocycles. The number of benzene rings is 1. The zero-order chi connectivity index (χ0) is 19.5. The van der Waals surface area contributed by atoms with Crippen molar-refractivity contribution in [2.45, 2.75) is 18.8 Å². The molecule has 6 nitrogen and oxygen atoms in total. The van der Waals surface area contributed by atoms with Crippen molar-refractivity contribution in [3.8, 4) is 0 Å². The highest BCUT2D eigenvalue weighted by molar-refractivity contribution is 8.03. The maximum Gasteiger partial charge on any atom is 0.269 e. The number of pyridine rings is 1. The number of thioether (sulfide) groups is 1. The van der Waals surface area contributed by atoms with Gasteiger partial charge in [0.1, 0.15) is 16.9 Å². The second-order valence-electron chi connectivity index (χ2n) is 6.30. The highest BCUT2D eigenvalue weighted by atomic mass is 32.2. The lowest BCUT2D eigenvalue weighted by Gasteiger charge is -2.28.